The molecule has 1 N–H and O–H groups in total. The summed E-state index contributed by atoms with van der Waals surface area (Å²) < 4.78 is 16.2. The molecule has 184 valence electrons. The van der Waals surface area contributed by atoms with Crippen LogP contribution < -0.4 is 14.2 Å². The van der Waals surface area contributed by atoms with Gasteiger partial charge in [0.2, 0.25) is 11.8 Å². The number of aromatic nitrogens is 2. The molecule has 0 radical (unpaired) electrons. The van der Waals surface area contributed by atoms with Crippen molar-refractivity contribution in [1.29, 1.82) is 0 Å². The van der Waals surface area contributed by atoms with Crippen LogP contribution in [0.25, 0.3) is 0 Å². The zero-order valence-electron chi connectivity index (χ0n) is 20.1. The van der Waals surface area contributed by atoms with Crippen molar-refractivity contribution in [2.24, 2.45) is 0 Å². The molecule has 2 heterocycles. The molecule has 3 aromatic rings. The summed E-state index contributed by atoms with van der Waals surface area (Å²) in [6.45, 7) is 1.88. The number of ether oxygens (including phenoxy) is 3. The summed E-state index contributed by atoms with van der Waals surface area (Å²) in [4.78, 5) is 24.7. The van der Waals surface area contributed by atoms with E-state index in [1.807, 2.05) is 36.4 Å². The van der Waals surface area contributed by atoms with Crippen molar-refractivity contribution >= 4 is 6.09 Å². The van der Waals surface area contributed by atoms with E-state index in [-0.39, 0.29) is 18.0 Å². The highest BCUT2D eigenvalue weighted by atomic mass is 16.5. The monoisotopic (exact) mass is 478 g/mol. The van der Waals surface area contributed by atoms with E-state index in [4.69, 9.17) is 14.2 Å². The second-order valence-corrected chi connectivity index (χ2v) is 8.28. The lowest BCUT2D eigenvalue weighted by Crippen LogP contribution is -2.56. The van der Waals surface area contributed by atoms with E-state index in [0.29, 0.717) is 43.5 Å². The summed E-state index contributed by atoms with van der Waals surface area (Å²) in [6, 6.07) is 20.0. The first-order valence-corrected chi connectivity index (χ1v) is 11.4. The van der Waals surface area contributed by atoms with E-state index in [1.165, 1.54) is 21.3 Å². The van der Waals surface area contributed by atoms with Gasteiger partial charge in [-0.1, -0.05) is 60.7 Å². The van der Waals surface area contributed by atoms with Crippen molar-refractivity contribution in [1.82, 2.24) is 19.8 Å². The Morgan fingerprint density at radius 3 is 1.91 bits per heavy atom. The maximum atomic E-state index is 12.3. The van der Waals surface area contributed by atoms with Crippen LogP contribution in [0, 0.1) is 0 Å². The number of hydrogen-bond donors (Lipinski definition) is 1. The molecule has 1 aliphatic heterocycles. The molecule has 35 heavy (non-hydrogen) atoms. The van der Waals surface area contributed by atoms with Gasteiger partial charge in [-0.05, 0) is 11.1 Å². The van der Waals surface area contributed by atoms with Gasteiger partial charge in [0.15, 0.2) is 0 Å². The van der Waals surface area contributed by atoms with Crippen LogP contribution in [0.2, 0.25) is 0 Å². The molecule has 1 atom stereocenters. The molecule has 0 unspecified atom stereocenters. The van der Waals surface area contributed by atoms with E-state index in [1.54, 1.807) is 4.90 Å². The van der Waals surface area contributed by atoms with Crippen LogP contribution in [0.5, 0.6) is 17.8 Å². The van der Waals surface area contributed by atoms with Gasteiger partial charge in [0.1, 0.15) is 0 Å². The molecule has 0 spiro atoms. The average molecular weight is 479 g/mol. The third-order valence-electron chi connectivity index (χ3n) is 6.31. The standard InChI is InChI=1S/C26H30N4O5/c1-33-23-20(24(34-2)28-25(27-23)35-3)16-29-14-15-30(26(31)32)21(17-29)22(18-10-6-4-7-11-18)19-12-8-5-9-13-19/h4-13,21-22H,14-17H2,1-3H3,(H,31,32)/t21-/m0/s1. The SMILES string of the molecule is COc1nc(OC)c(CN2CCN(C(=O)O)[C@H](C(c3ccccc3)c3ccccc3)C2)c(OC)n1. The molecular formula is C26H30N4O5. The molecule has 1 aliphatic rings. The summed E-state index contributed by atoms with van der Waals surface area (Å²) in [7, 11) is 4.56. The minimum atomic E-state index is -0.922. The lowest BCUT2D eigenvalue weighted by Gasteiger charge is -2.44. The number of hydrogen-bond acceptors (Lipinski definition) is 7. The molecule has 2 aromatic carbocycles. The topological polar surface area (TPSA) is 97.3 Å². The Bertz CT molecular complexity index is 1060. The van der Waals surface area contributed by atoms with Crippen LogP contribution in [0.1, 0.15) is 22.6 Å². The molecule has 1 fully saturated rings. The van der Waals surface area contributed by atoms with Crippen molar-refractivity contribution in [3.63, 3.8) is 0 Å². The predicted octanol–water partition coefficient (Wildman–Crippen LogP) is 3.50. The molecule has 1 aromatic heterocycles. The Morgan fingerprint density at radius 1 is 0.914 bits per heavy atom. The fourth-order valence-electron chi connectivity index (χ4n) is 4.71. The maximum Gasteiger partial charge on any atom is 0.407 e. The molecule has 9 nitrogen and oxygen atoms in total. The Hall–Kier alpha value is -3.85. The summed E-state index contributed by atoms with van der Waals surface area (Å²) >= 11 is 0. The summed E-state index contributed by atoms with van der Waals surface area (Å²) in [5, 5.41) is 10.1. The third-order valence-corrected chi connectivity index (χ3v) is 6.31. The van der Waals surface area contributed by atoms with Crippen molar-refractivity contribution in [3.8, 4) is 17.8 Å². The van der Waals surface area contributed by atoms with Gasteiger partial charge in [-0.25, -0.2) is 4.79 Å². The second kappa shape index (κ2) is 11.1. The van der Waals surface area contributed by atoms with Gasteiger partial charge in [0, 0.05) is 32.1 Å². The number of carboxylic acid groups (broad SMARTS) is 1. The van der Waals surface area contributed by atoms with Gasteiger partial charge in [0.05, 0.1) is 32.9 Å². The number of piperazine rings is 1. The van der Waals surface area contributed by atoms with Crippen molar-refractivity contribution < 1.29 is 24.1 Å². The van der Waals surface area contributed by atoms with E-state index >= 15 is 0 Å². The zero-order chi connectivity index (χ0) is 24.8. The zero-order valence-corrected chi connectivity index (χ0v) is 20.1. The smallest absolute Gasteiger partial charge is 0.407 e. The number of benzene rings is 2. The van der Waals surface area contributed by atoms with Crippen molar-refractivity contribution in [2.75, 3.05) is 41.0 Å². The highest BCUT2D eigenvalue weighted by molar-refractivity contribution is 5.66. The lowest BCUT2D eigenvalue weighted by atomic mass is 9.83. The Balaban J connectivity index is 1.70. The molecule has 1 amide bonds. The highest BCUT2D eigenvalue weighted by Crippen LogP contribution is 2.35. The van der Waals surface area contributed by atoms with Gasteiger partial charge in [0.25, 0.3) is 0 Å². The lowest BCUT2D eigenvalue weighted by molar-refractivity contribution is 0.0573. The van der Waals surface area contributed by atoms with Crippen molar-refractivity contribution in [3.05, 3.63) is 77.4 Å². The first-order valence-electron chi connectivity index (χ1n) is 11.4. The van der Waals surface area contributed by atoms with Crippen molar-refractivity contribution in [2.45, 2.75) is 18.5 Å². The molecule has 1 saturated heterocycles. The van der Waals surface area contributed by atoms with Crippen LogP contribution >= 0.6 is 0 Å². The Labute approximate surface area is 204 Å². The predicted molar refractivity (Wildman–Crippen MR) is 130 cm³/mol. The van der Waals surface area contributed by atoms with Crippen LogP contribution in [-0.2, 0) is 6.54 Å². The van der Waals surface area contributed by atoms with Gasteiger partial charge < -0.3 is 24.2 Å². The van der Waals surface area contributed by atoms with Gasteiger partial charge in [-0.2, -0.15) is 9.97 Å². The van der Waals surface area contributed by atoms with Gasteiger partial charge >= 0.3 is 12.1 Å². The number of carbonyl (C=O) groups is 1. The molecule has 9 heteroatoms. The molecule has 0 saturated carbocycles. The van der Waals surface area contributed by atoms with E-state index in [2.05, 4.69) is 39.1 Å². The van der Waals surface area contributed by atoms with E-state index < -0.39 is 6.09 Å². The van der Waals surface area contributed by atoms with Gasteiger partial charge in [-0.3, -0.25) is 4.90 Å². The first kappa shape index (κ1) is 24.3. The van der Waals surface area contributed by atoms with Crippen LogP contribution in [0.3, 0.4) is 0 Å². The highest BCUT2D eigenvalue weighted by Gasteiger charge is 2.38. The quantitative estimate of drug-likeness (QED) is 0.526. The Kier molecular flexibility index (Phi) is 7.67. The molecule has 0 bridgehead atoms. The fourth-order valence-corrected chi connectivity index (χ4v) is 4.71. The first-order chi connectivity index (χ1) is 17.0. The Morgan fingerprint density at radius 2 is 1.46 bits per heavy atom. The molecule has 4 rings (SSSR count). The summed E-state index contributed by atoms with van der Waals surface area (Å²) in [6.07, 6.45) is -0.922. The van der Waals surface area contributed by atoms with Crippen LogP contribution in [0.15, 0.2) is 60.7 Å². The number of methoxy groups -OCH3 is 3. The molecular weight excluding hydrogens is 448 g/mol. The van der Waals surface area contributed by atoms with E-state index in [9.17, 15) is 9.90 Å². The normalized spacial score (nSPS) is 16.2. The maximum absolute atomic E-state index is 12.3. The fraction of sp³-hybridized carbons (Fsp3) is 0.346. The minimum absolute atomic E-state index is 0.132. The van der Waals surface area contributed by atoms with E-state index in [0.717, 1.165) is 11.1 Å². The number of rotatable bonds is 8. The summed E-state index contributed by atoms with van der Waals surface area (Å²) in [5.74, 6) is 0.606. The minimum Gasteiger partial charge on any atom is -0.481 e. The number of amides is 1. The average Bonchev–Trinajstić information content (AvgIpc) is 2.90. The number of nitrogens with zero attached hydrogens (tertiary/aromatic N) is 4. The second-order valence-electron chi connectivity index (χ2n) is 8.28. The molecule has 0 aliphatic carbocycles. The summed E-state index contributed by atoms with van der Waals surface area (Å²) in [5.41, 5.74) is 2.83. The van der Waals surface area contributed by atoms with Crippen LogP contribution in [-0.4, -0.2) is 78.0 Å². The third kappa shape index (κ3) is 5.30. The van der Waals surface area contributed by atoms with Gasteiger partial charge in [-0.15, -0.1) is 0 Å². The largest absolute Gasteiger partial charge is 0.481 e. The van der Waals surface area contributed by atoms with Crippen LogP contribution in [0.4, 0.5) is 4.79 Å².